The summed E-state index contributed by atoms with van der Waals surface area (Å²) < 4.78 is 5.35. The van der Waals surface area contributed by atoms with Gasteiger partial charge in [0.15, 0.2) is 0 Å². The number of methoxy groups -OCH3 is 1. The van der Waals surface area contributed by atoms with Crippen LogP contribution in [-0.4, -0.2) is 30.0 Å². The standard InChI is InChI=1S/C22H27BrN2O3/c1-28-13-25-18-4-3-17(7-16(18)2-5-19(25)26)24-20(27)21-8-14-6-15(9-21)11-22(23,10-14)12-21/h3-4,7,14-15H,2,5-6,8-13H2,1H3,(H,24,27)/t14-,15-,21?,22?/m1/s1. The van der Waals surface area contributed by atoms with Gasteiger partial charge in [-0.2, -0.15) is 0 Å². The second-order valence-electron chi connectivity index (χ2n) is 9.43. The number of nitrogens with zero attached hydrogens (tertiary/aromatic N) is 1. The third-order valence-corrected chi connectivity index (χ3v) is 8.19. The summed E-state index contributed by atoms with van der Waals surface area (Å²) in [4.78, 5) is 27.2. The number of alkyl halides is 1. The molecule has 1 aromatic carbocycles. The molecule has 1 N–H and O–H groups in total. The number of benzene rings is 1. The van der Waals surface area contributed by atoms with Gasteiger partial charge in [0.1, 0.15) is 6.73 Å². The molecule has 1 aliphatic heterocycles. The Bertz CT molecular complexity index is 825. The van der Waals surface area contributed by atoms with Crippen molar-refractivity contribution in [2.24, 2.45) is 17.3 Å². The number of amides is 2. The summed E-state index contributed by atoms with van der Waals surface area (Å²) in [5.41, 5.74) is 2.61. The third kappa shape index (κ3) is 3.00. The van der Waals surface area contributed by atoms with Crippen LogP contribution in [0.2, 0.25) is 0 Å². The second-order valence-corrected chi connectivity index (χ2v) is 11.1. The predicted molar refractivity (Wildman–Crippen MR) is 112 cm³/mol. The van der Waals surface area contributed by atoms with Crippen LogP contribution in [0.4, 0.5) is 11.4 Å². The maximum atomic E-state index is 13.4. The van der Waals surface area contributed by atoms with Gasteiger partial charge in [-0.1, -0.05) is 15.9 Å². The normalized spacial score (nSPS) is 35.8. The highest BCUT2D eigenvalue weighted by molar-refractivity contribution is 9.10. The molecule has 1 aromatic rings. The Morgan fingerprint density at radius 3 is 2.68 bits per heavy atom. The molecule has 0 aromatic heterocycles. The smallest absolute Gasteiger partial charge is 0.230 e. The molecular formula is C22H27BrN2O3. The molecule has 6 heteroatoms. The summed E-state index contributed by atoms with van der Waals surface area (Å²) in [6.07, 6.45) is 7.95. The number of anilines is 2. The molecule has 0 unspecified atom stereocenters. The molecule has 4 fully saturated rings. The monoisotopic (exact) mass is 446 g/mol. The molecule has 150 valence electrons. The lowest BCUT2D eigenvalue weighted by Gasteiger charge is -2.59. The first-order valence-electron chi connectivity index (χ1n) is 10.3. The highest BCUT2D eigenvalue weighted by Gasteiger charge is 2.59. The summed E-state index contributed by atoms with van der Waals surface area (Å²) >= 11 is 3.99. The quantitative estimate of drug-likeness (QED) is 0.703. The number of rotatable bonds is 4. The highest BCUT2D eigenvalue weighted by Crippen LogP contribution is 2.64. The number of aryl methyl sites for hydroxylation is 1. The molecule has 4 aliphatic carbocycles. The van der Waals surface area contributed by atoms with Crippen LogP contribution in [0.15, 0.2) is 18.2 Å². The number of hydrogen-bond donors (Lipinski definition) is 1. The Labute approximate surface area is 174 Å². The zero-order chi connectivity index (χ0) is 19.5. The fourth-order valence-electron chi connectivity index (χ4n) is 6.59. The van der Waals surface area contributed by atoms with Gasteiger partial charge in [0.2, 0.25) is 11.8 Å². The lowest BCUT2D eigenvalue weighted by atomic mass is 9.49. The number of hydrogen-bond acceptors (Lipinski definition) is 3. The molecule has 4 saturated carbocycles. The summed E-state index contributed by atoms with van der Waals surface area (Å²) in [5.74, 6) is 1.64. The van der Waals surface area contributed by atoms with Crippen molar-refractivity contribution in [3.8, 4) is 0 Å². The topological polar surface area (TPSA) is 58.6 Å². The second kappa shape index (κ2) is 6.56. The van der Waals surface area contributed by atoms with Crippen LogP contribution in [0.5, 0.6) is 0 Å². The van der Waals surface area contributed by atoms with E-state index >= 15 is 0 Å². The third-order valence-electron chi connectivity index (χ3n) is 7.27. The van der Waals surface area contributed by atoms with E-state index in [1.165, 1.54) is 19.3 Å². The Kier molecular flexibility index (Phi) is 4.36. The van der Waals surface area contributed by atoms with Crippen molar-refractivity contribution in [2.45, 2.75) is 55.7 Å². The molecule has 0 spiro atoms. The Balaban J connectivity index is 1.37. The van der Waals surface area contributed by atoms with Gasteiger partial charge in [0.25, 0.3) is 0 Å². The van der Waals surface area contributed by atoms with Gasteiger partial charge in [-0.3, -0.25) is 14.5 Å². The Morgan fingerprint density at radius 2 is 2.00 bits per heavy atom. The maximum Gasteiger partial charge on any atom is 0.230 e. The largest absolute Gasteiger partial charge is 0.364 e. The molecule has 4 bridgehead atoms. The molecule has 6 rings (SSSR count). The van der Waals surface area contributed by atoms with Crippen molar-refractivity contribution in [3.63, 3.8) is 0 Å². The van der Waals surface area contributed by atoms with Crippen molar-refractivity contribution in [2.75, 3.05) is 24.1 Å². The molecule has 1 heterocycles. The van der Waals surface area contributed by atoms with Crippen LogP contribution < -0.4 is 10.2 Å². The van der Waals surface area contributed by atoms with Gasteiger partial charge < -0.3 is 10.1 Å². The highest BCUT2D eigenvalue weighted by atomic mass is 79.9. The van der Waals surface area contributed by atoms with Crippen molar-refractivity contribution < 1.29 is 14.3 Å². The number of fused-ring (bicyclic) bond motifs is 1. The first-order chi connectivity index (χ1) is 13.4. The predicted octanol–water partition coefficient (Wildman–Crippen LogP) is 4.24. The minimum atomic E-state index is -0.221. The lowest BCUT2D eigenvalue weighted by Crippen LogP contribution is -2.57. The molecule has 2 atom stereocenters. The van der Waals surface area contributed by atoms with E-state index in [9.17, 15) is 9.59 Å². The molecular weight excluding hydrogens is 420 g/mol. The number of ether oxygens (including phenoxy) is 1. The van der Waals surface area contributed by atoms with Gasteiger partial charge in [0.05, 0.1) is 5.41 Å². The molecule has 0 radical (unpaired) electrons. The molecule has 5 aliphatic rings. The molecule has 5 nitrogen and oxygen atoms in total. The summed E-state index contributed by atoms with van der Waals surface area (Å²) in [5, 5.41) is 3.23. The minimum Gasteiger partial charge on any atom is -0.364 e. The average Bonchev–Trinajstić information content (AvgIpc) is 2.62. The fraction of sp³-hybridized carbons (Fsp3) is 0.636. The van der Waals surface area contributed by atoms with Crippen LogP contribution in [0.3, 0.4) is 0 Å². The lowest BCUT2D eigenvalue weighted by molar-refractivity contribution is -0.138. The Morgan fingerprint density at radius 1 is 1.25 bits per heavy atom. The maximum absolute atomic E-state index is 13.4. The van der Waals surface area contributed by atoms with E-state index in [1.807, 2.05) is 18.2 Å². The molecule has 28 heavy (non-hydrogen) atoms. The SMILES string of the molecule is COCN1C(=O)CCc2cc(NC(=O)C34C[C@H]5C[C@@H](CC(Br)(C5)C3)C4)ccc21. The number of halogens is 1. The van der Waals surface area contributed by atoms with Crippen LogP contribution in [0.1, 0.15) is 50.5 Å². The van der Waals surface area contributed by atoms with Gasteiger partial charge >= 0.3 is 0 Å². The van der Waals surface area contributed by atoms with E-state index in [0.29, 0.717) is 24.7 Å². The first kappa shape index (κ1) is 18.6. The van der Waals surface area contributed by atoms with Crippen LogP contribution in [0, 0.1) is 17.3 Å². The fourth-order valence-corrected chi connectivity index (χ4v) is 8.04. The Hall–Kier alpha value is -1.40. The van der Waals surface area contributed by atoms with Gasteiger partial charge in [-0.25, -0.2) is 0 Å². The van der Waals surface area contributed by atoms with E-state index in [2.05, 4.69) is 21.2 Å². The van der Waals surface area contributed by atoms with Gasteiger partial charge in [-0.15, -0.1) is 0 Å². The molecule has 2 amide bonds. The van der Waals surface area contributed by atoms with Crippen molar-refractivity contribution >= 4 is 39.1 Å². The summed E-state index contributed by atoms with van der Waals surface area (Å²) in [6, 6.07) is 5.89. The van der Waals surface area contributed by atoms with E-state index in [-0.39, 0.29) is 28.3 Å². The van der Waals surface area contributed by atoms with Crippen LogP contribution >= 0.6 is 15.9 Å². The van der Waals surface area contributed by atoms with Crippen LogP contribution in [0.25, 0.3) is 0 Å². The van der Waals surface area contributed by atoms with Crippen LogP contribution in [-0.2, 0) is 20.7 Å². The zero-order valence-electron chi connectivity index (χ0n) is 16.3. The van der Waals surface area contributed by atoms with Crippen molar-refractivity contribution in [3.05, 3.63) is 23.8 Å². The number of carbonyl (C=O) groups excluding carboxylic acids is 2. The van der Waals surface area contributed by atoms with Crippen molar-refractivity contribution in [1.29, 1.82) is 0 Å². The zero-order valence-corrected chi connectivity index (χ0v) is 17.9. The summed E-state index contributed by atoms with van der Waals surface area (Å²) in [7, 11) is 1.60. The summed E-state index contributed by atoms with van der Waals surface area (Å²) in [6.45, 7) is 0.261. The number of carbonyl (C=O) groups is 2. The van der Waals surface area contributed by atoms with Gasteiger partial charge in [-0.05, 0) is 80.5 Å². The van der Waals surface area contributed by atoms with E-state index in [1.54, 1.807) is 12.0 Å². The van der Waals surface area contributed by atoms with E-state index in [0.717, 1.165) is 36.2 Å². The minimum absolute atomic E-state index is 0.0855. The number of nitrogens with one attached hydrogen (secondary N) is 1. The van der Waals surface area contributed by atoms with Gasteiger partial charge in [0, 0.05) is 29.2 Å². The first-order valence-corrected chi connectivity index (χ1v) is 11.1. The van der Waals surface area contributed by atoms with E-state index in [4.69, 9.17) is 4.74 Å². The van der Waals surface area contributed by atoms with E-state index < -0.39 is 0 Å². The average molecular weight is 447 g/mol. The van der Waals surface area contributed by atoms with Crippen molar-refractivity contribution in [1.82, 2.24) is 0 Å². The molecule has 0 saturated heterocycles.